The van der Waals surface area contributed by atoms with Crippen LogP contribution in [0.3, 0.4) is 0 Å². The highest BCUT2D eigenvalue weighted by Crippen LogP contribution is 2.29. The zero-order valence-corrected chi connectivity index (χ0v) is 16.8. The zero-order valence-electron chi connectivity index (χ0n) is 13.7. The number of carbonyl (C=O) groups excluding carboxylic acids is 1. The van der Waals surface area contributed by atoms with Crippen molar-refractivity contribution in [1.82, 2.24) is 5.32 Å². The van der Waals surface area contributed by atoms with Gasteiger partial charge >= 0.3 is 0 Å². The number of halogens is 3. The molecule has 2 aromatic carbocycles. The monoisotopic (exact) mass is 419 g/mol. The van der Waals surface area contributed by atoms with Gasteiger partial charge in [0.05, 0.1) is 31.1 Å². The van der Waals surface area contributed by atoms with Crippen LogP contribution in [0.4, 0.5) is 0 Å². The Hall–Kier alpha value is -1.27. The summed E-state index contributed by atoms with van der Waals surface area (Å²) in [6.45, 7) is 3.58. The summed E-state index contributed by atoms with van der Waals surface area (Å²) in [4.78, 5) is 12.7. The summed E-state index contributed by atoms with van der Waals surface area (Å²) in [6, 6.07) is 9.07. The molecule has 0 bridgehead atoms. The molecule has 4 nitrogen and oxygen atoms in total. The molecule has 1 N–H and O–H groups in total. The van der Waals surface area contributed by atoms with Crippen LogP contribution in [0.15, 0.2) is 41.3 Å². The topological polar surface area (TPSA) is 63.2 Å². The Balaban J connectivity index is 2.36. The fourth-order valence-corrected chi connectivity index (χ4v) is 3.37. The number of carbonyl (C=O) groups is 1. The minimum absolute atomic E-state index is 0.0226. The Morgan fingerprint density at radius 3 is 2.12 bits per heavy atom. The van der Waals surface area contributed by atoms with Crippen molar-refractivity contribution in [2.75, 3.05) is 6.26 Å². The third-order valence-corrected chi connectivity index (χ3v) is 5.86. The lowest BCUT2D eigenvalue weighted by Crippen LogP contribution is -2.41. The van der Waals surface area contributed by atoms with Crippen LogP contribution < -0.4 is 5.32 Å². The number of hydrogen-bond acceptors (Lipinski definition) is 3. The van der Waals surface area contributed by atoms with Gasteiger partial charge < -0.3 is 5.32 Å². The molecule has 0 saturated carbocycles. The van der Waals surface area contributed by atoms with E-state index in [-0.39, 0.29) is 15.5 Å². The molecule has 0 aliphatic rings. The van der Waals surface area contributed by atoms with Gasteiger partial charge in [-0.15, -0.1) is 0 Å². The van der Waals surface area contributed by atoms with Gasteiger partial charge in [0.1, 0.15) is 0 Å². The van der Waals surface area contributed by atoms with Gasteiger partial charge in [-0.2, -0.15) is 0 Å². The lowest BCUT2D eigenvalue weighted by Gasteiger charge is -2.27. The number of sulfone groups is 1. The minimum atomic E-state index is -3.45. The molecule has 0 saturated heterocycles. The maximum absolute atomic E-state index is 12.6. The van der Waals surface area contributed by atoms with E-state index in [9.17, 15) is 13.2 Å². The summed E-state index contributed by atoms with van der Waals surface area (Å²) in [7, 11) is -3.45. The maximum Gasteiger partial charge on any atom is 0.253 e. The molecule has 0 fully saturated rings. The molecule has 2 rings (SSSR count). The molecule has 8 heteroatoms. The molecule has 0 aromatic heterocycles. The maximum atomic E-state index is 12.6. The third kappa shape index (κ3) is 4.67. The van der Waals surface area contributed by atoms with Gasteiger partial charge in [0.25, 0.3) is 5.91 Å². The zero-order chi connectivity index (χ0) is 19.0. The molecule has 25 heavy (non-hydrogen) atoms. The molecular formula is C17H16Cl3NO3S. The van der Waals surface area contributed by atoms with E-state index in [1.54, 1.807) is 32.0 Å². The molecule has 0 spiro atoms. The Labute approximate surface area is 162 Å². The predicted molar refractivity (Wildman–Crippen MR) is 102 cm³/mol. The van der Waals surface area contributed by atoms with Gasteiger partial charge in [0.2, 0.25) is 0 Å². The first-order chi connectivity index (χ1) is 11.4. The second-order valence-electron chi connectivity index (χ2n) is 6.12. The molecule has 0 aliphatic heterocycles. The number of rotatable bonds is 4. The molecule has 0 atom stereocenters. The summed E-state index contributed by atoms with van der Waals surface area (Å²) in [5.41, 5.74) is 0.0406. The van der Waals surface area contributed by atoms with Crippen LogP contribution in [0, 0.1) is 0 Å². The van der Waals surface area contributed by atoms with Gasteiger partial charge in [-0.3, -0.25) is 4.79 Å². The van der Waals surface area contributed by atoms with Crippen LogP contribution >= 0.6 is 34.8 Å². The fraction of sp³-hybridized carbons (Fsp3) is 0.235. The standard InChI is InChI=1S/C17H16Cl3NO3S/c1-17(2,10-4-6-14(19)15(20)8-10)21-16(22)12-9-11(25(3,23)24)5-7-13(12)18/h4-9H,1-3H3,(H,21,22). The van der Waals surface area contributed by atoms with Crippen LogP contribution in [0.1, 0.15) is 29.8 Å². The van der Waals surface area contributed by atoms with Gasteiger partial charge in [0.15, 0.2) is 9.84 Å². The summed E-state index contributed by atoms with van der Waals surface area (Å²) in [5.74, 6) is -0.494. The van der Waals surface area contributed by atoms with Crippen molar-refractivity contribution in [2.24, 2.45) is 0 Å². The van der Waals surface area contributed by atoms with Crippen LogP contribution in [0.2, 0.25) is 15.1 Å². The van der Waals surface area contributed by atoms with E-state index < -0.39 is 21.3 Å². The Morgan fingerprint density at radius 1 is 0.960 bits per heavy atom. The number of hydrogen-bond donors (Lipinski definition) is 1. The quantitative estimate of drug-likeness (QED) is 0.778. The van der Waals surface area contributed by atoms with Crippen LogP contribution in [0.5, 0.6) is 0 Å². The van der Waals surface area contributed by atoms with Crippen molar-refractivity contribution in [3.05, 3.63) is 62.6 Å². The third-order valence-electron chi connectivity index (χ3n) is 3.68. The summed E-state index contributed by atoms with van der Waals surface area (Å²) < 4.78 is 23.4. The highest BCUT2D eigenvalue weighted by Gasteiger charge is 2.26. The van der Waals surface area contributed by atoms with Gasteiger partial charge in [0, 0.05) is 6.26 Å². The van der Waals surface area contributed by atoms with E-state index in [2.05, 4.69) is 5.32 Å². The molecular weight excluding hydrogens is 405 g/mol. The SMILES string of the molecule is CC(C)(NC(=O)c1cc(S(C)(=O)=O)ccc1Cl)c1ccc(Cl)c(Cl)c1. The van der Waals surface area contributed by atoms with Gasteiger partial charge in [-0.05, 0) is 49.7 Å². The fourth-order valence-electron chi connectivity index (χ4n) is 2.22. The highest BCUT2D eigenvalue weighted by molar-refractivity contribution is 7.90. The number of nitrogens with one attached hydrogen (secondary N) is 1. The normalized spacial score (nSPS) is 12.1. The van der Waals surface area contributed by atoms with E-state index >= 15 is 0 Å². The van der Waals surface area contributed by atoms with Gasteiger partial charge in [-0.1, -0.05) is 40.9 Å². The Kier molecular flexibility index (Phi) is 5.74. The minimum Gasteiger partial charge on any atom is -0.343 e. The molecule has 0 heterocycles. The van der Waals surface area contributed by atoms with Crippen molar-refractivity contribution in [2.45, 2.75) is 24.3 Å². The first-order valence-electron chi connectivity index (χ1n) is 7.19. The number of amides is 1. The predicted octanol–water partition coefficient (Wildman–Crippen LogP) is 4.72. The van der Waals surface area contributed by atoms with E-state index in [4.69, 9.17) is 34.8 Å². The van der Waals surface area contributed by atoms with E-state index in [0.29, 0.717) is 10.0 Å². The largest absolute Gasteiger partial charge is 0.343 e. The van der Waals surface area contributed by atoms with Crippen LogP contribution in [-0.4, -0.2) is 20.6 Å². The van der Waals surface area contributed by atoms with E-state index in [0.717, 1.165) is 11.8 Å². The first kappa shape index (κ1) is 20.0. The molecule has 1 amide bonds. The molecule has 0 radical (unpaired) electrons. The highest BCUT2D eigenvalue weighted by atomic mass is 35.5. The van der Waals surface area contributed by atoms with E-state index in [1.165, 1.54) is 18.2 Å². The Bertz CT molecular complexity index is 940. The van der Waals surface area contributed by atoms with Crippen molar-refractivity contribution in [3.8, 4) is 0 Å². The van der Waals surface area contributed by atoms with E-state index in [1.807, 2.05) is 0 Å². The Morgan fingerprint density at radius 2 is 1.56 bits per heavy atom. The lowest BCUT2D eigenvalue weighted by molar-refractivity contribution is 0.0912. The average Bonchev–Trinajstić information content (AvgIpc) is 2.48. The molecule has 2 aromatic rings. The smallest absolute Gasteiger partial charge is 0.253 e. The second kappa shape index (κ2) is 7.16. The van der Waals surface area contributed by atoms with Crippen LogP contribution in [-0.2, 0) is 15.4 Å². The lowest BCUT2D eigenvalue weighted by atomic mass is 9.94. The summed E-state index contributed by atoms with van der Waals surface area (Å²) in [6.07, 6.45) is 1.07. The van der Waals surface area contributed by atoms with Crippen molar-refractivity contribution in [3.63, 3.8) is 0 Å². The van der Waals surface area contributed by atoms with Crippen molar-refractivity contribution in [1.29, 1.82) is 0 Å². The van der Waals surface area contributed by atoms with Crippen molar-refractivity contribution < 1.29 is 13.2 Å². The molecule has 0 aliphatic carbocycles. The second-order valence-corrected chi connectivity index (χ2v) is 9.36. The number of benzene rings is 2. The first-order valence-corrected chi connectivity index (χ1v) is 10.2. The van der Waals surface area contributed by atoms with Gasteiger partial charge in [-0.25, -0.2) is 8.42 Å². The molecule has 0 unspecified atom stereocenters. The molecule has 134 valence electrons. The summed E-state index contributed by atoms with van der Waals surface area (Å²) >= 11 is 18.0. The van der Waals surface area contributed by atoms with Crippen molar-refractivity contribution >= 4 is 50.5 Å². The van der Waals surface area contributed by atoms with Crippen LogP contribution in [0.25, 0.3) is 0 Å². The average molecular weight is 421 g/mol. The summed E-state index contributed by atoms with van der Waals surface area (Å²) in [5, 5.41) is 3.78.